The van der Waals surface area contributed by atoms with Crippen LogP contribution in [-0.4, -0.2) is 14.7 Å². The number of rotatable bonds is 0. The van der Waals surface area contributed by atoms with Crippen LogP contribution in [0, 0.1) is 73.7 Å². The molecule has 120 valence electrons. The van der Waals surface area contributed by atoms with Gasteiger partial charge in [-0.05, 0) is 0 Å². The third kappa shape index (κ3) is 678. The maximum absolute atomic E-state index is 8.66. The molecule has 0 aromatic carbocycles. The van der Waals surface area contributed by atoms with E-state index in [-0.39, 0.29) is 73.7 Å². The van der Waals surface area contributed by atoms with Gasteiger partial charge in [-0.25, -0.2) is 0 Å². The van der Waals surface area contributed by atoms with Crippen LogP contribution in [0.25, 0.3) is 0 Å². The minimum Gasteiger partial charge on any atom is -0.790 e. The Balaban J connectivity index is -0.0000000400. The molecule has 0 aromatic rings. The number of hydrogen-bond acceptors (Lipinski definition) is 9. The van der Waals surface area contributed by atoms with Crippen molar-refractivity contribution in [3.8, 4) is 0 Å². The van der Waals surface area contributed by atoms with Crippen molar-refractivity contribution >= 4 is 23.5 Å². The topological polar surface area (TPSA) is 250 Å². The fraction of sp³-hybridized carbons (Fsp3) is 0. The second-order valence-corrected chi connectivity index (χ2v) is 4.22. The largest absolute Gasteiger partial charge is 3.00 e. The van der Waals surface area contributed by atoms with Gasteiger partial charge in [0.05, 0.1) is 23.5 Å². The molecule has 0 aliphatic heterocycles. The van der Waals surface area contributed by atoms with E-state index >= 15 is 0 Å². The summed E-state index contributed by atoms with van der Waals surface area (Å²) in [5.41, 5.74) is 0. The molecular weight excluding hydrogens is 635 g/mol. The summed E-state index contributed by atoms with van der Waals surface area (Å²) < 4.78 is 26.0. The second-order valence-electron chi connectivity index (χ2n) is 1.41. The Kier molecular flexibility index (Phi) is 25.9. The molecule has 0 saturated carbocycles. The van der Waals surface area contributed by atoms with Gasteiger partial charge in [0.15, 0.2) is 0 Å². The molecule has 0 radical (unpaired) electrons. The number of hydrogen-bond donors (Lipinski definition) is 3. The van der Waals surface area contributed by atoms with E-state index in [9.17, 15) is 0 Å². The van der Waals surface area contributed by atoms with Gasteiger partial charge in [0.25, 0.3) is 0 Å². The quantitative estimate of drug-likeness (QED) is 0.210. The van der Waals surface area contributed by atoms with Gasteiger partial charge in [0.1, 0.15) is 0 Å². The molecule has 0 atom stereocenters. The van der Waals surface area contributed by atoms with Crippen molar-refractivity contribution in [2.24, 2.45) is 0 Å². The molecule has 0 unspecified atom stereocenters. The van der Waals surface area contributed by atoms with Gasteiger partial charge in [-0.2, -0.15) is 0 Å². The van der Waals surface area contributed by atoms with Crippen LogP contribution in [-0.2, 0) is 13.7 Å². The van der Waals surface area contributed by atoms with E-state index in [1.165, 1.54) is 0 Å². The Hall–Kier alpha value is 2.80. The first-order chi connectivity index (χ1) is 6.00. The Morgan fingerprint density at radius 1 is 0.529 bits per heavy atom. The molecule has 17 heavy (non-hydrogen) atoms. The Bertz CT molecular complexity index is 206. The van der Waals surface area contributed by atoms with E-state index in [2.05, 4.69) is 0 Å². The van der Waals surface area contributed by atoms with Crippen LogP contribution in [0.1, 0.15) is 0 Å². The zero-order valence-corrected chi connectivity index (χ0v) is 12.9. The van der Waals surface area contributed by atoms with E-state index in [4.69, 9.17) is 57.7 Å². The predicted octanol–water partition coefficient (Wildman–Crippen LogP) is -6.58. The van der Waals surface area contributed by atoms with Gasteiger partial charge in [0.2, 0.25) is 0 Å². The first-order valence-electron chi connectivity index (χ1n) is 2.24. The van der Waals surface area contributed by atoms with E-state index in [0.29, 0.717) is 0 Å². The molecule has 0 bridgehead atoms. The van der Waals surface area contributed by atoms with Crippen LogP contribution < -0.4 is 29.4 Å². The second kappa shape index (κ2) is 13.8. The van der Waals surface area contributed by atoms with Gasteiger partial charge < -0.3 is 57.7 Å². The average Bonchev–Trinajstić information content (AvgIpc) is 1.41. The summed E-state index contributed by atoms with van der Waals surface area (Å²) in [5.74, 6) is 0. The summed E-state index contributed by atoms with van der Waals surface area (Å²) in [6.45, 7) is 0. The van der Waals surface area contributed by atoms with Gasteiger partial charge in [-0.15, -0.1) is 0 Å². The molecule has 0 aromatic heterocycles. The van der Waals surface area contributed by atoms with Crippen molar-refractivity contribution in [1.29, 1.82) is 0 Å². The minimum atomic E-state index is -5.14. The standard InChI is InChI=1S/2Lu.3H3O4P/c;;3*1-5(2,3)4/h;;3*(H3,1,2,3,4)/q2*+3;;;/p-6. The molecule has 0 rings (SSSR count). The molecule has 0 fully saturated rings. The summed E-state index contributed by atoms with van der Waals surface area (Å²) in [6, 6.07) is 0. The number of phosphoric acid groups is 3. The summed E-state index contributed by atoms with van der Waals surface area (Å²) in [4.78, 5) is 72.9. The van der Waals surface area contributed by atoms with Crippen LogP contribution in [0.15, 0.2) is 0 Å². The summed E-state index contributed by atoms with van der Waals surface area (Å²) in [6.07, 6.45) is 0. The molecule has 0 heterocycles. The molecular formula is H3Lu2O12P3. The third-order valence-electron chi connectivity index (χ3n) is 0. The van der Waals surface area contributed by atoms with Crippen molar-refractivity contribution in [1.82, 2.24) is 0 Å². The van der Waals surface area contributed by atoms with Crippen LogP contribution in [0.4, 0.5) is 0 Å². The zero-order valence-electron chi connectivity index (χ0n) is 6.87. The molecule has 0 aliphatic carbocycles. The third-order valence-corrected chi connectivity index (χ3v) is 0. The van der Waals surface area contributed by atoms with E-state index in [0.717, 1.165) is 0 Å². The van der Waals surface area contributed by atoms with Crippen LogP contribution in [0.5, 0.6) is 0 Å². The van der Waals surface area contributed by atoms with Crippen LogP contribution in [0.2, 0.25) is 0 Å². The first kappa shape index (κ1) is 31.9. The first-order valence-corrected chi connectivity index (χ1v) is 6.73. The van der Waals surface area contributed by atoms with Crippen LogP contribution in [0.3, 0.4) is 0 Å². The Labute approximate surface area is 153 Å². The normalized spacial score (nSPS) is 10.4. The van der Waals surface area contributed by atoms with E-state index in [1.807, 2.05) is 0 Å². The molecule has 3 N–H and O–H groups in total. The maximum atomic E-state index is 8.66. The SMILES string of the molecule is O=P([O-])([O-])O.O=P([O-])([O-])O.O=P([O-])([O-])O.[Lu+3].[Lu+3]. The predicted molar refractivity (Wildman–Crippen MR) is 29.5 cm³/mol. The van der Waals surface area contributed by atoms with E-state index < -0.39 is 23.5 Å². The summed E-state index contributed by atoms with van der Waals surface area (Å²) >= 11 is 0. The summed E-state index contributed by atoms with van der Waals surface area (Å²) in [7, 11) is -15.4. The van der Waals surface area contributed by atoms with Gasteiger partial charge in [-0.3, -0.25) is 0 Å². The van der Waals surface area contributed by atoms with Crippen molar-refractivity contribution in [2.75, 3.05) is 0 Å². The Morgan fingerprint density at radius 3 is 0.529 bits per heavy atom. The zero-order chi connectivity index (χ0) is 13.5. The van der Waals surface area contributed by atoms with Crippen LogP contribution >= 0.6 is 23.5 Å². The molecule has 17 heteroatoms. The molecule has 0 saturated heterocycles. The molecule has 0 aliphatic rings. The van der Waals surface area contributed by atoms with Gasteiger partial charge in [0, 0.05) is 0 Å². The van der Waals surface area contributed by atoms with Crippen molar-refractivity contribution in [3.05, 3.63) is 0 Å². The summed E-state index contributed by atoms with van der Waals surface area (Å²) in [5, 5.41) is 0. The molecule has 12 nitrogen and oxygen atoms in total. The fourth-order valence-electron chi connectivity index (χ4n) is 0. The smallest absolute Gasteiger partial charge is 0.790 e. The van der Waals surface area contributed by atoms with E-state index in [1.54, 1.807) is 0 Å². The van der Waals surface area contributed by atoms with Crippen molar-refractivity contribution < 1.29 is 131 Å². The average molecular weight is 638 g/mol. The molecule has 0 spiro atoms. The van der Waals surface area contributed by atoms with Crippen molar-refractivity contribution in [2.45, 2.75) is 0 Å². The molecule has 0 amide bonds. The minimum absolute atomic E-state index is 0. The van der Waals surface area contributed by atoms with Crippen molar-refractivity contribution in [3.63, 3.8) is 0 Å². The fourth-order valence-corrected chi connectivity index (χ4v) is 0. The monoisotopic (exact) mass is 638 g/mol. The maximum Gasteiger partial charge on any atom is 3.00 e. The Morgan fingerprint density at radius 2 is 0.529 bits per heavy atom. The van der Waals surface area contributed by atoms with Gasteiger partial charge >= 0.3 is 73.7 Å². The van der Waals surface area contributed by atoms with Gasteiger partial charge in [-0.1, -0.05) is 0 Å².